The molecular weight excluding hydrogens is 148 g/mol. The van der Waals surface area contributed by atoms with Crippen LogP contribution in [0.1, 0.15) is 33.1 Å². The second-order valence-electron chi connectivity index (χ2n) is 4.42. The van der Waals surface area contributed by atoms with Gasteiger partial charge in [0.1, 0.15) is 0 Å². The van der Waals surface area contributed by atoms with Gasteiger partial charge >= 0.3 is 0 Å². The maximum atomic E-state index is 3.61. The maximum absolute atomic E-state index is 3.61. The number of hydrogen-bond donors (Lipinski definition) is 1. The van der Waals surface area contributed by atoms with Crippen LogP contribution in [0.2, 0.25) is 0 Å². The molecule has 0 saturated heterocycles. The van der Waals surface area contributed by atoms with Crippen molar-refractivity contribution in [3.05, 3.63) is 0 Å². The zero-order valence-electron chi connectivity index (χ0n) is 8.80. The van der Waals surface area contributed by atoms with Gasteiger partial charge in [-0.15, -0.1) is 0 Å². The second kappa shape index (κ2) is 4.24. The van der Waals surface area contributed by atoms with E-state index in [1.54, 1.807) is 0 Å². The fourth-order valence-corrected chi connectivity index (χ4v) is 1.80. The van der Waals surface area contributed by atoms with Crippen molar-refractivity contribution in [3.63, 3.8) is 0 Å². The van der Waals surface area contributed by atoms with Gasteiger partial charge in [-0.25, -0.2) is 0 Å². The molecule has 0 bridgehead atoms. The summed E-state index contributed by atoms with van der Waals surface area (Å²) in [5.41, 5.74) is 0. The van der Waals surface area contributed by atoms with Gasteiger partial charge in [-0.3, -0.25) is 10.2 Å². The number of hydrogen-bond acceptors (Lipinski definition) is 2. The fraction of sp³-hybridized carbons (Fsp3) is 1.00. The minimum absolute atomic E-state index is 0.595. The maximum Gasteiger partial charge on any atom is 0.0623 e. The monoisotopic (exact) mass is 170 g/mol. The molecule has 1 fully saturated rings. The average molecular weight is 170 g/mol. The molecule has 0 aromatic carbocycles. The lowest BCUT2D eigenvalue weighted by Crippen LogP contribution is -2.51. The van der Waals surface area contributed by atoms with Crippen LogP contribution in [0.5, 0.6) is 0 Å². The van der Waals surface area contributed by atoms with E-state index in [0.29, 0.717) is 12.2 Å². The smallest absolute Gasteiger partial charge is 0.0623 e. The standard InChI is InChI=1S/C10H22N2/c1-8(2)11-10(12(3)4)9-6-5-7-9/h8-11H,5-7H2,1-4H3/t10-/m0/s1. The summed E-state index contributed by atoms with van der Waals surface area (Å²) in [6.07, 6.45) is 4.83. The first-order valence-electron chi connectivity index (χ1n) is 5.03. The van der Waals surface area contributed by atoms with Gasteiger partial charge in [0.2, 0.25) is 0 Å². The summed E-state index contributed by atoms with van der Waals surface area (Å²) in [5.74, 6) is 0.891. The quantitative estimate of drug-likeness (QED) is 0.646. The summed E-state index contributed by atoms with van der Waals surface area (Å²) in [4.78, 5) is 2.31. The van der Waals surface area contributed by atoms with Crippen molar-refractivity contribution < 1.29 is 0 Å². The second-order valence-corrected chi connectivity index (χ2v) is 4.42. The van der Waals surface area contributed by atoms with Crippen LogP contribution in [-0.4, -0.2) is 31.2 Å². The lowest BCUT2D eigenvalue weighted by Gasteiger charge is -2.39. The minimum Gasteiger partial charge on any atom is -0.299 e. The van der Waals surface area contributed by atoms with Crippen LogP contribution in [0.3, 0.4) is 0 Å². The summed E-state index contributed by atoms with van der Waals surface area (Å²) >= 11 is 0. The minimum atomic E-state index is 0.595. The predicted octanol–water partition coefficient (Wildman–Crippen LogP) is 1.67. The van der Waals surface area contributed by atoms with Gasteiger partial charge in [-0.1, -0.05) is 6.42 Å². The molecule has 1 aliphatic rings. The van der Waals surface area contributed by atoms with Gasteiger partial charge in [-0.05, 0) is 46.7 Å². The van der Waals surface area contributed by atoms with Crippen LogP contribution in [0.25, 0.3) is 0 Å². The highest BCUT2D eigenvalue weighted by Crippen LogP contribution is 2.30. The lowest BCUT2D eigenvalue weighted by atomic mass is 9.82. The third kappa shape index (κ3) is 2.46. The number of nitrogens with one attached hydrogen (secondary N) is 1. The molecule has 0 heterocycles. The summed E-state index contributed by atoms with van der Waals surface area (Å²) in [6.45, 7) is 4.43. The van der Waals surface area contributed by atoms with Crippen LogP contribution in [-0.2, 0) is 0 Å². The van der Waals surface area contributed by atoms with Crippen LogP contribution in [0, 0.1) is 5.92 Å². The molecule has 0 radical (unpaired) electrons. The summed E-state index contributed by atoms with van der Waals surface area (Å²) < 4.78 is 0. The van der Waals surface area contributed by atoms with Crippen LogP contribution >= 0.6 is 0 Å². The van der Waals surface area contributed by atoms with Crippen molar-refractivity contribution in [2.24, 2.45) is 5.92 Å². The molecule has 0 aromatic rings. The third-order valence-electron chi connectivity index (χ3n) is 2.66. The van der Waals surface area contributed by atoms with E-state index in [9.17, 15) is 0 Å². The van der Waals surface area contributed by atoms with E-state index in [-0.39, 0.29) is 0 Å². The van der Waals surface area contributed by atoms with E-state index in [1.165, 1.54) is 19.3 Å². The lowest BCUT2D eigenvalue weighted by molar-refractivity contribution is 0.104. The molecule has 0 amide bonds. The zero-order chi connectivity index (χ0) is 9.14. The van der Waals surface area contributed by atoms with Gasteiger partial charge in [0.15, 0.2) is 0 Å². The van der Waals surface area contributed by atoms with Crippen LogP contribution < -0.4 is 5.32 Å². The van der Waals surface area contributed by atoms with E-state index in [0.717, 1.165) is 5.92 Å². The Labute approximate surface area is 76.3 Å². The predicted molar refractivity (Wildman–Crippen MR) is 53.1 cm³/mol. The Morgan fingerprint density at radius 2 is 1.83 bits per heavy atom. The summed E-state index contributed by atoms with van der Waals surface area (Å²) in [5, 5.41) is 3.61. The molecule has 0 spiro atoms. The molecule has 1 atom stereocenters. The van der Waals surface area contributed by atoms with E-state index in [2.05, 4.69) is 38.2 Å². The molecule has 1 rings (SSSR count). The third-order valence-corrected chi connectivity index (χ3v) is 2.66. The molecule has 1 aliphatic carbocycles. The average Bonchev–Trinajstić information content (AvgIpc) is 1.80. The van der Waals surface area contributed by atoms with Crippen molar-refractivity contribution in [1.82, 2.24) is 10.2 Å². The highest BCUT2D eigenvalue weighted by atomic mass is 15.2. The van der Waals surface area contributed by atoms with Gasteiger partial charge in [-0.2, -0.15) is 0 Å². The Morgan fingerprint density at radius 1 is 1.25 bits per heavy atom. The molecule has 0 aliphatic heterocycles. The van der Waals surface area contributed by atoms with Crippen molar-refractivity contribution in [3.8, 4) is 0 Å². The SMILES string of the molecule is CC(C)N[C@H](C1CCC1)N(C)C. The van der Waals surface area contributed by atoms with Gasteiger partial charge in [0, 0.05) is 6.04 Å². The first-order chi connectivity index (χ1) is 5.61. The highest BCUT2D eigenvalue weighted by Gasteiger charge is 2.28. The first kappa shape index (κ1) is 10.0. The molecule has 0 aromatic heterocycles. The first-order valence-corrected chi connectivity index (χ1v) is 5.03. The number of rotatable bonds is 4. The van der Waals surface area contributed by atoms with Gasteiger partial charge < -0.3 is 0 Å². The summed E-state index contributed by atoms with van der Waals surface area (Å²) in [6, 6.07) is 0.595. The topological polar surface area (TPSA) is 15.3 Å². The Kier molecular flexibility index (Phi) is 3.53. The molecular formula is C10H22N2. The van der Waals surface area contributed by atoms with Crippen molar-refractivity contribution >= 4 is 0 Å². The largest absolute Gasteiger partial charge is 0.299 e. The summed E-state index contributed by atoms with van der Waals surface area (Å²) in [7, 11) is 4.33. The zero-order valence-corrected chi connectivity index (χ0v) is 8.80. The Hall–Kier alpha value is -0.0800. The van der Waals surface area contributed by atoms with Crippen molar-refractivity contribution in [1.29, 1.82) is 0 Å². The van der Waals surface area contributed by atoms with Crippen molar-refractivity contribution in [2.45, 2.75) is 45.3 Å². The highest BCUT2D eigenvalue weighted by molar-refractivity contribution is 4.81. The molecule has 2 heteroatoms. The Balaban J connectivity index is 2.37. The van der Waals surface area contributed by atoms with E-state index < -0.39 is 0 Å². The van der Waals surface area contributed by atoms with Gasteiger partial charge in [0.05, 0.1) is 6.17 Å². The van der Waals surface area contributed by atoms with E-state index in [4.69, 9.17) is 0 Å². The van der Waals surface area contributed by atoms with Crippen LogP contribution in [0.15, 0.2) is 0 Å². The molecule has 12 heavy (non-hydrogen) atoms. The fourth-order valence-electron chi connectivity index (χ4n) is 1.80. The molecule has 1 saturated carbocycles. The Bertz CT molecular complexity index is 128. The molecule has 1 N–H and O–H groups in total. The molecule has 0 unspecified atom stereocenters. The Morgan fingerprint density at radius 3 is 2.08 bits per heavy atom. The van der Waals surface area contributed by atoms with Crippen molar-refractivity contribution in [2.75, 3.05) is 14.1 Å². The molecule has 2 nitrogen and oxygen atoms in total. The number of nitrogens with zero attached hydrogens (tertiary/aromatic N) is 1. The van der Waals surface area contributed by atoms with Gasteiger partial charge in [0.25, 0.3) is 0 Å². The van der Waals surface area contributed by atoms with Crippen LogP contribution in [0.4, 0.5) is 0 Å². The van der Waals surface area contributed by atoms with E-state index >= 15 is 0 Å². The van der Waals surface area contributed by atoms with E-state index in [1.807, 2.05) is 0 Å². The normalized spacial score (nSPS) is 21.5. The molecule has 72 valence electrons.